The maximum atomic E-state index is 13.3. The van der Waals surface area contributed by atoms with Crippen molar-refractivity contribution in [3.05, 3.63) is 94.8 Å². The van der Waals surface area contributed by atoms with Gasteiger partial charge in [0.25, 0.3) is 5.91 Å². The molecule has 0 spiro atoms. The highest BCUT2D eigenvalue weighted by Gasteiger charge is 2.31. The fourth-order valence-corrected chi connectivity index (χ4v) is 4.96. The lowest BCUT2D eigenvalue weighted by Crippen LogP contribution is -2.22. The lowest BCUT2D eigenvalue weighted by molar-refractivity contribution is -0.137. The van der Waals surface area contributed by atoms with Crippen molar-refractivity contribution in [1.82, 2.24) is 20.1 Å². The van der Waals surface area contributed by atoms with E-state index in [0.717, 1.165) is 23.3 Å². The summed E-state index contributed by atoms with van der Waals surface area (Å²) in [5.74, 6) is 2.16. The number of nitrogens with zero attached hydrogens (tertiary/aromatic N) is 3. The first kappa shape index (κ1) is 26.6. The largest absolute Gasteiger partial charge is 0.454 e. The van der Waals surface area contributed by atoms with Gasteiger partial charge < -0.3 is 14.8 Å². The summed E-state index contributed by atoms with van der Waals surface area (Å²) in [6.45, 7) is 4.37. The van der Waals surface area contributed by atoms with E-state index in [4.69, 9.17) is 9.47 Å². The third kappa shape index (κ3) is 6.03. The summed E-state index contributed by atoms with van der Waals surface area (Å²) in [4.78, 5) is 12.6. The zero-order valence-electron chi connectivity index (χ0n) is 21.2. The number of benzene rings is 3. The molecule has 4 aromatic rings. The van der Waals surface area contributed by atoms with E-state index in [-0.39, 0.29) is 18.6 Å². The van der Waals surface area contributed by atoms with Crippen molar-refractivity contribution in [3.8, 4) is 17.2 Å². The number of carbonyl (C=O) groups is 1. The number of aromatic nitrogens is 3. The second-order valence-corrected chi connectivity index (χ2v) is 10.2. The number of hydrogen-bond acceptors (Lipinski definition) is 6. The van der Waals surface area contributed by atoms with Crippen LogP contribution in [0.5, 0.6) is 11.5 Å². The van der Waals surface area contributed by atoms with Crippen LogP contribution in [0.3, 0.4) is 0 Å². The fraction of sp³-hybridized carbons (Fsp3) is 0.250. The smallest absolute Gasteiger partial charge is 0.416 e. The van der Waals surface area contributed by atoms with Gasteiger partial charge in [0.1, 0.15) is 5.82 Å². The molecule has 1 aromatic heterocycles. The molecule has 0 radical (unpaired) electrons. The van der Waals surface area contributed by atoms with E-state index in [2.05, 4.69) is 15.5 Å². The number of fused-ring (bicyclic) bond motifs is 1. The Morgan fingerprint density at radius 1 is 1.00 bits per heavy atom. The van der Waals surface area contributed by atoms with Gasteiger partial charge in [-0.1, -0.05) is 49.9 Å². The van der Waals surface area contributed by atoms with Crippen LogP contribution in [-0.2, 0) is 18.5 Å². The zero-order chi connectivity index (χ0) is 27.6. The average Bonchev–Trinajstić information content (AvgIpc) is 3.57. The molecule has 202 valence electrons. The van der Waals surface area contributed by atoms with E-state index in [1.54, 1.807) is 22.8 Å². The molecule has 0 aliphatic carbocycles. The predicted octanol–water partition coefficient (Wildman–Crippen LogP) is 6.36. The van der Waals surface area contributed by atoms with Gasteiger partial charge in [-0.25, -0.2) is 0 Å². The second kappa shape index (κ2) is 11.0. The topological polar surface area (TPSA) is 78.3 Å². The third-order valence-corrected chi connectivity index (χ3v) is 7.08. The Labute approximate surface area is 227 Å². The van der Waals surface area contributed by atoms with Crippen LogP contribution in [0.2, 0.25) is 0 Å². The minimum atomic E-state index is -4.45. The summed E-state index contributed by atoms with van der Waals surface area (Å²) >= 11 is 1.36. The fourth-order valence-electron chi connectivity index (χ4n) is 4.05. The highest BCUT2D eigenvalue weighted by atomic mass is 32.2. The summed E-state index contributed by atoms with van der Waals surface area (Å²) in [6, 6.07) is 17.8. The van der Waals surface area contributed by atoms with Crippen LogP contribution < -0.4 is 14.8 Å². The predicted molar refractivity (Wildman–Crippen MR) is 140 cm³/mol. The molecule has 11 heteroatoms. The first-order valence-electron chi connectivity index (χ1n) is 12.2. The molecule has 0 unspecified atom stereocenters. The molecule has 39 heavy (non-hydrogen) atoms. The van der Waals surface area contributed by atoms with Crippen molar-refractivity contribution < 1.29 is 27.4 Å². The molecule has 1 aliphatic heterocycles. The molecule has 0 saturated carbocycles. The van der Waals surface area contributed by atoms with Gasteiger partial charge in [0, 0.05) is 23.8 Å². The number of amides is 1. The van der Waals surface area contributed by atoms with Crippen molar-refractivity contribution in [3.63, 3.8) is 0 Å². The lowest BCUT2D eigenvalue weighted by atomic mass is 10.1. The molecule has 1 N–H and O–H groups in total. The number of thioether (sulfide) groups is 1. The Morgan fingerprint density at radius 2 is 1.74 bits per heavy atom. The van der Waals surface area contributed by atoms with Crippen LogP contribution in [0.4, 0.5) is 13.2 Å². The van der Waals surface area contributed by atoms with Crippen molar-refractivity contribution >= 4 is 17.7 Å². The Kier molecular flexibility index (Phi) is 7.51. The van der Waals surface area contributed by atoms with Crippen LogP contribution in [0.15, 0.2) is 71.9 Å². The van der Waals surface area contributed by atoms with Gasteiger partial charge in [0.2, 0.25) is 6.79 Å². The monoisotopic (exact) mass is 554 g/mol. The van der Waals surface area contributed by atoms with Gasteiger partial charge >= 0.3 is 6.18 Å². The van der Waals surface area contributed by atoms with Gasteiger partial charge in [-0.2, -0.15) is 13.2 Å². The number of carbonyl (C=O) groups excluding carboxylic acids is 1. The number of ether oxygens (including phenoxy) is 2. The van der Waals surface area contributed by atoms with Gasteiger partial charge in [-0.3, -0.25) is 9.36 Å². The molecule has 5 rings (SSSR count). The van der Waals surface area contributed by atoms with E-state index in [9.17, 15) is 18.0 Å². The summed E-state index contributed by atoms with van der Waals surface area (Å²) < 4.78 is 52.3. The minimum absolute atomic E-state index is 0.0446. The molecule has 0 fully saturated rings. The first-order valence-corrected chi connectivity index (χ1v) is 13.2. The van der Waals surface area contributed by atoms with E-state index in [0.29, 0.717) is 46.0 Å². The van der Waals surface area contributed by atoms with Crippen molar-refractivity contribution in [2.75, 3.05) is 6.79 Å². The van der Waals surface area contributed by atoms with Crippen molar-refractivity contribution in [2.45, 2.75) is 43.4 Å². The molecule has 1 amide bonds. The lowest BCUT2D eigenvalue weighted by Gasteiger charge is -2.14. The van der Waals surface area contributed by atoms with Crippen LogP contribution in [0.1, 0.15) is 52.6 Å². The van der Waals surface area contributed by atoms with Crippen LogP contribution in [0.25, 0.3) is 5.69 Å². The molecular weight excluding hydrogens is 529 g/mol. The first-order chi connectivity index (χ1) is 18.7. The van der Waals surface area contributed by atoms with Crippen LogP contribution >= 0.6 is 11.8 Å². The van der Waals surface area contributed by atoms with Gasteiger partial charge in [0.15, 0.2) is 16.7 Å². The van der Waals surface area contributed by atoms with Gasteiger partial charge in [-0.15, -0.1) is 10.2 Å². The number of rotatable bonds is 8. The van der Waals surface area contributed by atoms with E-state index >= 15 is 0 Å². The van der Waals surface area contributed by atoms with Crippen molar-refractivity contribution in [2.24, 2.45) is 0 Å². The maximum absolute atomic E-state index is 13.3. The van der Waals surface area contributed by atoms with E-state index in [1.807, 2.05) is 44.2 Å². The normalized spacial score (nSPS) is 12.7. The van der Waals surface area contributed by atoms with Crippen molar-refractivity contribution in [1.29, 1.82) is 0 Å². The Hall–Kier alpha value is -3.99. The number of alkyl halides is 3. The SMILES string of the molecule is CC(C)c1nnc(SCc2ccc(C(=O)NCc3ccc4c(c3)OCO4)cc2)n1-c1cccc(C(F)(F)F)c1. The Balaban J connectivity index is 1.25. The minimum Gasteiger partial charge on any atom is -0.454 e. The number of halogens is 3. The maximum Gasteiger partial charge on any atom is 0.416 e. The Bertz CT molecular complexity index is 1490. The summed E-state index contributed by atoms with van der Waals surface area (Å²) in [7, 11) is 0. The van der Waals surface area contributed by atoms with Crippen LogP contribution in [0, 0.1) is 0 Å². The summed E-state index contributed by atoms with van der Waals surface area (Å²) in [5.41, 5.74) is 1.96. The molecule has 7 nitrogen and oxygen atoms in total. The molecule has 0 bridgehead atoms. The molecule has 3 aromatic carbocycles. The molecule has 0 saturated heterocycles. The number of hydrogen-bond donors (Lipinski definition) is 1. The molecule has 1 aliphatic rings. The zero-order valence-corrected chi connectivity index (χ0v) is 22.0. The van der Waals surface area contributed by atoms with Gasteiger partial charge in [0.05, 0.1) is 11.3 Å². The molecular formula is C28H25F3N4O3S. The Morgan fingerprint density at radius 3 is 2.49 bits per heavy atom. The summed E-state index contributed by atoms with van der Waals surface area (Å²) in [5, 5.41) is 11.9. The third-order valence-electron chi connectivity index (χ3n) is 6.08. The second-order valence-electron chi connectivity index (χ2n) is 9.23. The van der Waals surface area contributed by atoms with E-state index < -0.39 is 11.7 Å². The quantitative estimate of drug-likeness (QED) is 0.256. The van der Waals surface area contributed by atoms with Crippen LogP contribution in [-0.4, -0.2) is 27.5 Å². The van der Waals surface area contributed by atoms with Gasteiger partial charge in [-0.05, 0) is 53.6 Å². The average molecular weight is 555 g/mol. The summed E-state index contributed by atoms with van der Waals surface area (Å²) in [6.07, 6.45) is -4.45. The highest BCUT2D eigenvalue weighted by Crippen LogP contribution is 2.34. The highest BCUT2D eigenvalue weighted by molar-refractivity contribution is 7.98. The molecule has 2 heterocycles. The standard InChI is InChI=1S/C28H25F3N4O3S/c1-17(2)25-33-34-27(35(25)22-5-3-4-21(13-22)28(29,30)31)39-15-18-6-9-20(10-7-18)26(36)32-14-19-8-11-23-24(12-19)38-16-37-23/h3-13,17H,14-16H2,1-2H3,(H,32,36). The number of nitrogens with one attached hydrogen (secondary N) is 1. The molecule has 0 atom stereocenters. The van der Waals surface area contributed by atoms with E-state index in [1.165, 1.54) is 17.8 Å².